The van der Waals surface area contributed by atoms with E-state index >= 15 is 0 Å². The lowest BCUT2D eigenvalue weighted by Crippen LogP contribution is -2.53. The Labute approximate surface area is 217 Å². The molecule has 194 valence electrons. The fraction of sp³-hybridized carbons (Fsp3) is 0.520. The van der Waals surface area contributed by atoms with E-state index < -0.39 is 36.4 Å². The van der Waals surface area contributed by atoms with E-state index in [9.17, 15) is 0 Å². The van der Waals surface area contributed by atoms with Crippen LogP contribution in [0.15, 0.2) is 48.5 Å². The molecular formula is C25H42O6Si4. The average Bonchev–Trinajstić information content (AvgIpc) is 2.80. The third kappa shape index (κ3) is 8.39. The topological polar surface area (TPSA) is 55.4 Å². The summed E-state index contributed by atoms with van der Waals surface area (Å²) in [5.74, 6) is 1.81. The summed E-state index contributed by atoms with van der Waals surface area (Å²) in [5, 5.41) is 0. The van der Waals surface area contributed by atoms with Crippen molar-refractivity contribution in [3.05, 3.63) is 59.7 Å². The lowest BCUT2D eigenvalue weighted by Gasteiger charge is -2.37. The van der Waals surface area contributed by atoms with Gasteiger partial charge in [-0.1, -0.05) is 45.0 Å². The zero-order chi connectivity index (χ0) is 25.5. The van der Waals surface area contributed by atoms with Crippen molar-refractivity contribution in [2.75, 3.05) is 13.2 Å². The van der Waals surface area contributed by atoms with Crippen LogP contribution in [0, 0.1) is 0 Å². The molecule has 0 aliphatic carbocycles. The highest BCUT2D eigenvalue weighted by atomic mass is 28.5. The minimum atomic E-state index is -2.29. The van der Waals surface area contributed by atoms with Crippen molar-refractivity contribution in [2.45, 2.75) is 71.3 Å². The van der Waals surface area contributed by atoms with Crippen LogP contribution >= 0.6 is 0 Å². The van der Waals surface area contributed by atoms with E-state index in [0.717, 1.165) is 37.0 Å². The summed E-state index contributed by atoms with van der Waals surface area (Å²) in [5.41, 5.74) is 2.40. The summed E-state index contributed by atoms with van der Waals surface area (Å²) in [6.07, 6.45) is 1.90. The van der Waals surface area contributed by atoms with Gasteiger partial charge in [-0.2, -0.15) is 0 Å². The van der Waals surface area contributed by atoms with Crippen molar-refractivity contribution < 1.29 is 25.9 Å². The predicted octanol–water partition coefficient (Wildman–Crippen LogP) is 5.27. The first-order valence-corrected chi connectivity index (χ1v) is 21.6. The van der Waals surface area contributed by atoms with E-state index in [1.807, 2.05) is 0 Å². The van der Waals surface area contributed by atoms with E-state index in [1.54, 1.807) is 0 Å². The number of rotatable bonds is 10. The van der Waals surface area contributed by atoms with Crippen molar-refractivity contribution >= 4 is 36.4 Å². The van der Waals surface area contributed by atoms with Crippen LogP contribution in [0.1, 0.15) is 44.7 Å². The molecule has 1 fully saturated rings. The molecular weight excluding hydrogens is 509 g/mol. The van der Waals surface area contributed by atoms with Gasteiger partial charge in [-0.25, -0.2) is 0 Å². The smallest absolute Gasteiger partial charge is 0.317 e. The maximum absolute atomic E-state index is 6.35. The summed E-state index contributed by atoms with van der Waals surface area (Å²) < 4.78 is 36.5. The lowest BCUT2D eigenvalue weighted by atomic mass is 9.78. The SMILES string of the molecule is CCCOc1ccc(C(C)(C)c2ccc(OCCC[Si]3(C)O[SiH](C)O[SiH](C)O[SiH](C)O3)cc2)cc1. The van der Waals surface area contributed by atoms with Crippen LogP contribution in [0.25, 0.3) is 0 Å². The van der Waals surface area contributed by atoms with E-state index in [2.05, 4.69) is 95.5 Å². The lowest BCUT2D eigenvalue weighted by molar-refractivity contribution is 0.266. The van der Waals surface area contributed by atoms with Gasteiger partial charge in [-0.05, 0) is 80.5 Å². The highest BCUT2D eigenvalue weighted by Gasteiger charge is 2.39. The molecule has 0 bridgehead atoms. The first-order valence-electron chi connectivity index (χ1n) is 12.7. The second-order valence-electron chi connectivity index (χ2n) is 9.82. The first-order chi connectivity index (χ1) is 16.6. The van der Waals surface area contributed by atoms with E-state index in [1.165, 1.54) is 11.1 Å². The molecule has 10 heteroatoms. The molecule has 35 heavy (non-hydrogen) atoms. The highest BCUT2D eigenvalue weighted by molar-refractivity contribution is 6.81. The van der Waals surface area contributed by atoms with Gasteiger partial charge in [0.15, 0.2) is 0 Å². The Morgan fingerprint density at radius 2 is 1.20 bits per heavy atom. The maximum atomic E-state index is 6.35. The Morgan fingerprint density at radius 1 is 0.743 bits per heavy atom. The van der Waals surface area contributed by atoms with Crippen LogP contribution < -0.4 is 9.47 Å². The zero-order valence-corrected chi connectivity index (χ0v) is 26.8. The Kier molecular flexibility index (Phi) is 10.4. The van der Waals surface area contributed by atoms with Crippen LogP contribution in [0.2, 0.25) is 32.2 Å². The Balaban J connectivity index is 1.52. The summed E-state index contributed by atoms with van der Waals surface area (Å²) >= 11 is 0. The average molecular weight is 551 g/mol. The third-order valence-electron chi connectivity index (χ3n) is 6.27. The second-order valence-corrected chi connectivity index (χ2v) is 20.1. The van der Waals surface area contributed by atoms with Gasteiger partial charge < -0.3 is 25.9 Å². The fourth-order valence-electron chi connectivity index (χ4n) is 4.38. The van der Waals surface area contributed by atoms with Gasteiger partial charge in [0.1, 0.15) is 11.5 Å². The van der Waals surface area contributed by atoms with Crippen molar-refractivity contribution in [2.24, 2.45) is 0 Å². The fourth-order valence-corrected chi connectivity index (χ4v) is 19.0. The van der Waals surface area contributed by atoms with E-state index in [0.29, 0.717) is 6.61 Å². The Bertz CT molecular complexity index is 895. The maximum Gasteiger partial charge on any atom is 0.317 e. The second kappa shape index (κ2) is 12.8. The molecule has 0 radical (unpaired) electrons. The Morgan fingerprint density at radius 3 is 1.66 bits per heavy atom. The monoisotopic (exact) mass is 550 g/mol. The van der Waals surface area contributed by atoms with Gasteiger partial charge in [0.25, 0.3) is 27.9 Å². The molecule has 2 atom stereocenters. The van der Waals surface area contributed by atoms with E-state index in [-0.39, 0.29) is 5.41 Å². The summed E-state index contributed by atoms with van der Waals surface area (Å²) in [4.78, 5) is 0. The summed E-state index contributed by atoms with van der Waals surface area (Å²) in [7, 11) is -7.28. The molecule has 0 aromatic heterocycles. The van der Waals surface area contributed by atoms with Gasteiger partial charge in [0.05, 0.1) is 13.2 Å². The van der Waals surface area contributed by atoms with Crippen LogP contribution in [0.3, 0.4) is 0 Å². The summed E-state index contributed by atoms with van der Waals surface area (Å²) in [6, 6.07) is 17.8. The summed E-state index contributed by atoms with van der Waals surface area (Å²) in [6.45, 7) is 16.3. The minimum absolute atomic E-state index is 0.111. The van der Waals surface area contributed by atoms with E-state index in [4.69, 9.17) is 25.9 Å². The molecule has 1 saturated heterocycles. The van der Waals surface area contributed by atoms with Gasteiger partial charge >= 0.3 is 8.56 Å². The molecule has 0 amide bonds. The molecule has 1 heterocycles. The van der Waals surface area contributed by atoms with Gasteiger partial charge in [-0.15, -0.1) is 0 Å². The molecule has 6 nitrogen and oxygen atoms in total. The molecule has 0 N–H and O–H groups in total. The molecule has 1 aliphatic heterocycles. The predicted molar refractivity (Wildman–Crippen MR) is 151 cm³/mol. The zero-order valence-electron chi connectivity index (χ0n) is 22.3. The van der Waals surface area contributed by atoms with Crippen LogP contribution in [0.5, 0.6) is 11.5 Å². The number of ether oxygens (including phenoxy) is 2. The van der Waals surface area contributed by atoms with Crippen molar-refractivity contribution in [1.29, 1.82) is 0 Å². The number of hydrogen-bond donors (Lipinski definition) is 0. The molecule has 2 unspecified atom stereocenters. The molecule has 3 rings (SSSR count). The molecule has 2 aromatic carbocycles. The standard InChI is InChI=1S/C25H42O6Si4/c1-8-18-26-23-14-10-21(11-15-23)25(2,3)22-12-16-24(17-13-22)27-19-9-20-35(7)30-33(5)28-32(4)29-34(6)31-35/h10-17,32-34H,8-9,18-20H2,1-7H3. The van der Waals surface area contributed by atoms with Crippen LogP contribution in [-0.4, -0.2) is 49.6 Å². The number of hydrogen-bond acceptors (Lipinski definition) is 6. The van der Waals surface area contributed by atoms with Gasteiger partial charge in [-0.3, -0.25) is 0 Å². The largest absolute Gasteiger partial charge is 0.494 e. The minimum Gasteiger partial charge on any atom is -0.494 e. The number of benzene rings is 2. The molecule has 0 spiro atoms. The van der Waals surface area contributed by atoms with Crippen LogP contribution in [-0.2, 0) is 21.9 Å². The Hall–Kier alpha value is -1.25. The normalized spacial score (nSPS) is 25.5. The third-order valence-corrected chi connectivity index (χ3v) is 20.3. The quantitative estimate of drug-likeness (QED) is 0.297. The molecule has 0 saturated carbocycles. The first kappa shape index (κ1) is 28.3. The highest BCUT2D eigenvalue weighted by Crippen LogP contribution is 2.33. The van der Waals surface area contributed by atoms with Gasteiger partial charge in [0.2, 0.25) is 0 Å². The van der Waals surface area contributed by atoms with Gasteiger partial charge in [0, 0.05) is 5.41 Å². The van der Waals surface area contributed by atoms with Crippen molar-refractivity contribution in [1.82, 2.24) is 0 Å². The van der Waals surface area contributed by atoms with Crippen molar-refractivity contribution in [3.63, 3.8) is 0 Å². The van der Waals surface area contributed by atoms with Crippen LogP contribution in [0.4, 0.5) is 0 Å². The molecule has 2 aromatic rings. The molecule has 1 aliphatic rings. The van der Waals surface area contributed by atoms with Crippen molar-refractivity contribution in [3.8, 4) is 11.5 Å².